The fraction of sp³-hybridized carbons (Fsp3) is 0.452. The minimum Gasteiger partial charge on any atom is -0.482 e. The van der Waals surface area contributed by atoms with E-state index >= 15 is 0 Å². The summed E-state index contributed by atoms with van der Waals surface area (Å²) < 4.78 is 12.7. The van der Waals surface area contributed by atoms with Crippen LogP contribution in [0.4, 0.5) is 0 Å². The molecule has 6 nitrogen and oxygen atoms in total. The number of carbonyl (C=O) groups is 1. The van der Waals surface area contributed by atoms with E-state index in [-0.39, 0.29) is 23.4 Å². The number of likely N-dealkylation sites (N-methyl/N-ethyl adjacent to an activating group) is 1. The van der Waals surface area contributed by atoms with Gasteiger partial charge in [-0.15, -0.1) is 0 Å². The Bertz CT molecular complexity index is 1280. The predicted octanol–water partition coefficient (Wildman–Crippen LogP) is 4.17. The Morgan fingerprint density at radius 2 is 1.97 bits per heavy atom. The number of likely N-dealkylation sites (tertiary alicyclic amines) is 1. The molecular weight excluding hydrogens is 464 g/mol. The average Bonchev–Trinajstić information content (AvgIpc) is 3.24. The third-order valence-corrected chi connectivity index (χ3v) is 8.86. The Morgan fingerprint density at radius 1 is 1.19 bits per heavy atom. The molecule has 1 saturated heterocycles. The van der Waals surface area contributed by atoms with E-state index < -0.39 is 6.10 Å². The molecule has 2 aromatic rings. The van der Waals surface area contributed by atoms with Gasteiger partial charge in [-0.05, 0) is 50.0 Å². The molecule has 2 aromatic carbocycles. The predicted molar refractivity (Wildman–Crippen MR) is 144 cm³/mol. The van der Waals surface area contributed by atoms with Crippen LogP contribution in [0.3, 0.4) is 0 Å². The van der Waals surface area contributed by atoms with Gasteiger partial charge in [0.2, 0.25) is 0 Å². The van der Waals surface area contributed by atoms with Crippen LogP contribution in [0, 0.1) is 5.92 Å². The molecule has 1 fully saturated rings. The van der Waals surface area contributed by atoms with Gasteiger partial charge >= 0.3 is 5.97 Å². The Morgan fingerprint density at radius 3 is 2.70 bits per heavy atom. The van der Waals surface area contributed by atoms with Gasteiger partial charge in [-0.3, -0.25) is 0 Å². The van der Waals surface area contributed by atoms with Gasteiger partial charge in [-0.25, -0.2) is 4.79 Å². The molecule has 1 N–H and O–H groups in total. The van der Waals surface area contributed by atoms with Gasteiger partial charge in [0.25, 0.3) is 0 Å². The second-order valence-electron chi connectivity index (χ2n) is 11.1. The molecule has 0 radical (unpaired) electrons. The number of benzene rings is 2. The number of hydrogen-bond donors (Lipinski definition) is 1. The van der Waals surface area contributed by atoms with Crippen molar-refractivity contribution in [2.45, 2.75) is 56.3 Å². The molecule has 4 aliphatic rings. The number of nitrogens with zero attached hydrogens (tertiary/aromatic N) is 2. The van der Waals surface area contributed by atoms with Crippen molar-refractivity contribution in [1.29, 1.82) is 0 Å². The van der Waals surface area contributed by atoms with Crippen LogP contribution in [0.2, 0.25) is 0 Å². The van der Waals surface area contributed by atoms with E-state index in [4.69, 9.17) is 9.47 Å². The Kier molecular flexibility index (Phi) is 5.92. The minimum atomic E-state index is -0.684. The first kappa shape index (κ1) is 24.3. The van der Waals surface area contributed by atoms with Crippen molar-refractivity contribution in [3.8, 4) is 11.5 Å². The zero-order valence-corrected chi connectivity index (χ0v) is 22.1. The van der Waals surface area contributed by atoms with Crippen molar-refractivity contribution in [3.05, 3.63) is 76.9 Å². The molecular formula is C31H36N2O4. The fourth-order valence-corrected chi connectivity index (χ4v) is 7.34. The van der Waals surface area contributed by atoms with Crippen LogP contribution in [-0.2, 0) is 16.6 Å². The van der Waals surface area contributed by atoms with E-state index in [0.29, 0.717) is 29.5 Å². The standard InChI is InChI=1S/C31H36N2O4/c1-5-9-21(27(32(2)3)19-10-7-6-8-11-19)30(35)36-25-15-12-20-18-23-22-13-14-24(34)29-31(22,16-17-33(23)4)26(20)28(25)37-29/h6-8,10-15,22-24,29,34H,5,9,16-18H2,1-4H3/t22-,23+,24-,29-,31-/m0/s1. The van der Waals surface area contributed by atoms with Crippen molar-refractivity contribution in [1.82, 2.24) is 9.80 Å². The highest BCUT2D eigenvalue weighted by Crippen LogP contribution is 2.62. The Balaban J connectivity index is 1.43. The summed E-state index contributed by atoms with van der Waals surface area (Å²) in [6.07, 6.45) is 6.32. The van der Waals surface area contributed by atoms with Crippen LogP contribution < -0.4 is 9.47 Å². The first-order valence-electron chi connectivity index (χ1n) is 13.4. The molecule has 37 heavy (non-hydrogen) atoms. The highest BCUT2D eigenvalue weighted by molar-refractivity contribution is 5.98. The SMILES string of the molecule is CCCC(C(=O)Oc1ccc2c3c1O[C@H]1[C@@H](O)C=C[C@H]4[C@@H](C2)N(C)CC[C@@]341)=C(c1ccccc1)N(C)C. The molecule has 2 aliphatic heterocycles. The Hall–Kier alpha value is -3.09. The van der Waals surface area contributed by atoms with Crippen LogP contribution in [0.25, 0.3) is 5.70 Å². The number of rotatable bonds is 6. The zero-order valence-electron chi connectivity index (χ0n) is 22.1. The second kappa shape index (κ2) is 9.03. The summed E-state index contributed by atoms with van der Waals surface area (Å²) in [4.78, 5) is 18.2. The van der Waals surface area contributed by atoms with Crippen LogP contribution in [-0.4, -0.2) is 66.8 Å². The smallest absolute Gasteiger partial charge is 0.341 e. The molecule has 2 bridgehead atoms. The van der Waals surface area contributed by atoms with E-state index in [1.807, 2.05) is 61.5 Å². The minimum absolute atomic E-state index is 0.272. The van der Waals surface area contributed by atoms with Crippen LogP contribution in [0.15, 0.2) is 60.2 Å². The summed E-state index contributed by atoms with van der Waals surface area (Å²) in [7, 11) is 6.11. The number of aliphatic hydroxyl groups is 1. The maximum absolute atomic E-state index is 13.8. The van der Waals surface area contributed by atoms with Crippen molar-refractivity contribution < 1.29 is 19.4 Å². The van der Waals surface area contributed by atoms with Gasteiger partial charge < -0.3 is 24.4 Å². The number of carbonyl (C=O) groups excluding carboxylic acids is 1. The van der Waals surface area contributed by atoms with Crippen LogP contribution >= 0.6 is 0 Å². The van der Waals surface area contributed by atoms with E-state index in [9.17, 15) is 9.90 Å². The molecule has 2 aliphatic carbocycles. The second-order valence-corrected chi connectivity index (χ2v) is 11.1. The lowest BCUT2D eigenvalue weighted by atomic mass is 9.53. The lowest BCUT2D eigenvalue weighted by Gasteiger charge is -2.56. The van der Waals surface area contributed by atoms with Crippen molar-refractivity contribution in [2.24, 2.45) is 5.92 Å². The molecule has 6 rings (SSSR count). The maximum atomic E-state index is 13.8. The fourth-order valence-electron chi connectivity index (χ4n) is 7.34. The molecule has 0 aromatic heterocycles. The summed E-state index contributed by atoms with van der Waals surface area (Å²) in [6, 6.07) is 14.4. The molecule has 1 spiro atoms. The third kappa shape index (κ3) is 3.57. The number of ether oxygens (including phenoxy) is 2. The largest absolute Gasteiger partial charge is 0.482 e. The van der Waals surface area contributed by atoms with Gasteiger partial charge in [0, 0.05) is 37.0 Å². The van der Waals surface area contributed by atoms with E-state index in [1.54, 1.807) is 0 Å². The summed E-state index contributed by atoms with van der Waals surface area (Å²) in [5.74, 6) is 1.02. The van der Waals surface area contributed by atoms with Crippen LogP contribution in [0.5, 0.6) is 11.5 Å². The molecule has 2 heterocycles. The van der Waals surface area contributed by atoms with Gasteiger partial charge in [0.15, 0.2) is 11.5 Å². The first-order chi connectivity index (χ1) is 17.9. The summed E-state index contributed by atoms with van der Waals surface area (Å²) in [5, 5.41) is 11.0. The average molecular weight is 501 g/mol. The monoisotopic (exact) mass is 500 g/mol. The molecule has 5 atom stereocenters. The van der Waals surface area contributed by atoms with Gasteiger partial charge in [0.1, 0.15) is 12.2 Å². The quantitative estimate of drug-likeness (QED) is 0.278. The molecule has 194 valence electrons. The lowest BCUT2D eigenvalue weighted by molar-refractivity contribution is -0.130. The highest BCUT2D eigenvalue weighted by atomic mass is 16.6. The van der Waals surface area contributed by atoms with Gasteiger partial charge in [0.05, 0.1) is 11.3 Å². The van der Waals surface area contributed by atoms with Crippen molar-refractivity contribution >= 4 is 11.7 Å². The molecule has 0 unspecified atom stereocenters. The van der Waals surface area contributed by atoms with E-state index in [1.165, 1.54) is 5.56 Å². The molecule has 0 amide bonds. The topological polar surface area (TPSA) is 62.2 Å². The number of esters is 1. The number of aliphatic hydroxyl groups excluding tert-OH is 1. The molecule has 6 heteroatoms. The van der Waals surface area contributed by atoms with Crippen LogP contribution in [0.1, 0.15) is 42.9 Å². The highest BCUT2D eigenvalue weighted by Gasteiger charge is 2.64. The Labute approximate surface area is 219 Å². The first-order valence-corrected chi connectivity index (χ1v) is 13.4. The van der Waals surface area contributed by atoms with Crippen molar-refractivity contribution in [2.75, 3.05) is 27.7 Å². The van der Waals surface area contributed by atoms with Gasteiger partial charge in [-0.1, -0.05) is 61.9 Å². The lowest BCUT2D eigenvalue weighted by Crippen LogP contribution is -2.64. The molecule has 0 saturated carbocycles. The van der Waals surface area contributed by atoms with E-state index in [0.717, 1.165) is 42.6 Å². The third-order valence-electron chi connectivity index (χ3n) is 8.86. The number of hydrogen-bond acceptors (Lipinski definition) is 6. The van der Waals surface area contributed by atoms with Gasteiger partial charge in [-0.2, -0.15) is 0 Å². The summed E-state index contributed by atoms with van der Waals surface area (Å²) >= 11 is 0. The van der Waals surface area contributed by atoms with Crippen molar-refractivity contribution in [3.63, 3.8) is 0 Å². The summed E-state index contributed by atoms with van der Waals surface area (Å²) in [5.41, 5.74) is 4.62. The normalized spacial score (nSPS) is 29.8. The summed E-state index contributed by atoms with van der Waals surface area (Å²) in [6.45, 7) is 3.03. The zero-order chi connectivity index (χ0) is 25.9. The number of piperidine rings is 1. The maximum Gasteiger partial charge on any atom is 0.341 e. The van der Waals surface area contributed by atoms with E-state index in [2.05, 4.69) is 31.0 Å².